The SMILES string of the molecule is CC(=O)OC[C@@]12CC=C3[C@]4(C)CC[C@H]5C(C)(C)C(=O)CC[C@]5(C)[C@H]4CC[C@@]3(C)[C@@H]1CC(C)(C)CC2. The summed E-state index contributed by atoms with van der Waals surface area (Å²) in [6.45, 7) is 19.2. The number of hydrogen-bond donors (Lipinski definition) is 0. The molecule has 196 valence electrons. The molecule has 35 heavy (non-hydrogen) atoms. The van der Waals surface area contributed by atoms with E-state index < -0.39 is 0 Å². The van der Waals surface area contributed by atoms with Crippen LogP contribution in [0.15, 0.2) is 11.6 Å². The van der Waals surface area contributed by atoms with E-state index in [4.69, 9.17) is 4.74 Å². The topological polar surface area (TPSA) is 43.4 Å². The predicted molar refractivity (Wildman–Crippen MR) is 141 cm³/mol. The zero-order valence-electron chi connectivity index (χ0n) is 23.8. The van der Waals surface area contributed by atoms with E-state index >= 15 is 0 Å². The van der Waals surface area contributed by atoms with Crippen molar-refractivity contribution in [1.29, 1.82) is 0 Å². The van der Waals surface area contributed by atoms with Gasteiger partial charge in [-0.2, -0.15) is 0 Å². The van der Waals surface area contributed by atoms with Crippen LogP contribution < -0.4 is 0 Å². The molecule has 7 atom stereocenters. The van der Waals surface area contributed by atoms with Gasteiger partial charge < -0.3 is 4.74 Å². The van der Waals surface area contributed by atoms with Gasteiger partial charge in [-0.05, 0) is 97.2 Å². The third kappa shape index (κ3) is 3.48. The van der Waals surface area contributed by atoms with Gasteiger partial charge in [-0.3, -0.25) is 9.59 Å². The summed E-state index contributed by atoms with van der Waals surface area (Å²) in [4.78, 5) is 24.8. The maximum atomic E-state index is 12.9. The van der Waals surface area contributed by atoms with Crippen molar-refractivity contribution in [2.24, 2.45) is 50.2 Å². The quantitative estimate of drug-likeness (QED) is 0.296. The van der Waals surface area contributed by atoms with Crippen LogP contribution in [0.3, 0.4) is 0 Å². The lowest BCUT2D eigenvalue weighted by Crippen LogP contribution is -2.63. The molecule has 5 aliphatic carbocycles. The molecule has 0 bridgehead atoms. The molecular weight excluding hydrogens is 432 g/mol. The molecule has 0 radical (unpaired) electrons. The minimum Gasteiger partial charge on any atom is -0.465 e. The van der Waals surface area contributed by atoms with E-state index in [1.165, 1.54) is 38.5 Å². The molecule has 4 fully saturated rings. The molecule has 0 amide bonds. The van der Waals surface area contributed by atoms with Crippen molar-refractivity contribution in [3.8, 4) is 0 Å². The van der Waals surface area contributed by atoms with E-state index in [-0.39, 0.29) is 33.0 Å². The second kappa shape index (κ2) is 7.70. The summed E-state index contributed by atoms with van der Waals surface area (Å²) in [6, 6.07) is 0. The van der Waals surface area contributed by atoms with E-state index in [1.807, 2.05) is 0 Å². The Balaban J connectivity index is 1.56. The Labute approximate surface area is 214 Å². The molecule has 5 aliphatic rings. The van der Waals surface area contributed by atoms with Crippen LogP contribution in [0.4, 0.5) is 0 Å². The summed E-state index contributed by atoms with van der Waals surface area (Å²) in [7, 11) is 0. The summed E-state index contributed by atoms with van der Waals surface area (Å²) in [5, 5.41) is 0. The molecule has 0 spiro atoms. The third-order valence-electron chi connectivity index (χ3n) is 12.8. The van der Waals surface area contributed by atoms with Crippen LogP contribution >= 0.6 is 0 Å². The van der Waals surface area contributed by atoms with Gasteiger partial charge >= 0.3 is 5.97 Å². The Morgan fingerprint density at radius 3 is 2.17 bits per heavy atom. The molecule has 0 saturated heterocycles. The lowest BCUT2D eigenvalue weighted by atomic mass is 9.35. The number of rotatable bonds is 2. The number of fused-ring (bicyclic) bond motifs is 7. The Hall–Kier alpha value is -1.12. The number of hydrogen-bond acceptors (Lipinski definition) is 3. The summed E-state index contributed by atoms with van der Waals surface area (Å²) < 4.78 is 5.79. The number of carbonyl (C=O) groups is 2. The molecule has 3 heteroatoms. The zero-order chi connectivity index (χ0) is 25.7. The molecular formula is C32H50O3. The van der Waals surface area contributed by atoms with Crippen molar-refractivity contribution in [1.82, 2.24) is 0 Å². The van der Waals surface area contributed by atoms with Gasteiger partial charge in [-0.1, -0.05) is 60.1 Å². The first-order valence-corrected chi connectivity index (χ1v) is 14.5. The number of allylic oxidation sites excluding steroid dienone is 2. The normalized spacial score (nSPS) is 47.9. The number of carbonyl (C=O) groups excluding carboxylic acids is 2. The molecule has 3 nitrogen and oxygen atoms in total. The molecule has 0 aromatic heterocycles. The average molecular weight is 483 g/mol. The summed E-state index contributed by atoms with van der Waals surface area (Å²) in [5.74, 6) is 2.06. The molecule has 0 N–H and O–H groups in total. The Bertz CT molecular complexity index is 958. The standard InChI is InChI=1S/C32H50O3/c1-21(33)35-20-32-16-11-24-30(7)13-9-22-28(4,5)26(34)12-15-29(22,6)23(30)10-14-31(24,8)25(32)19-27(2,3)17-18-32/h11,22-23,25H,9-10,12-20H2,1-8H3/t22-,23+,25-,29-,30+,31+,32-/m0/s1. The molecule has 5 rings (SSSR count). The van der Waals surface area contributed by atoms with Crippen LogP contribution in [0.5, 0.6) is 0 Å². The van der Waals surface area contributed by atoms with Crippen molar-refractivity contribution in [2.45, 2.75) is 120 Å². The predicted octanol–water partition coefficient (Wildman–Crippen LogP) is 7.92. The maximum absolute atomic E-state index is 12.9. The van der Waals surface area contributed by atoms with Crippen LogP contribution in [0, 0.1) is 50.2 Å². The number of esters is 1. The van der Waals surface area contributed by atoms with Gasteiger partial charge in [0.1, 0.15) is 5.78 Å². The summed E-state index contributed by atoms with van der Waals surface area (Å²) in [5.41, 5.74) is 2.59. The van der Waals surface area contributed by atoms with Crippen LogP contribution in [0.2, 0.25) is 0 Å². The minimum absolute atomic E-state index is 0.0863. The first-order chi connectivity index (χ1) is 16.1. The van der Waals surface area contributed by atoms with E-state index in [9.17, 15) is 9.59 Å². The average Bonchev–Trinajstić information content (AvgIpc) is 2.75. The molecule has 0 heterocycles. The summed E-state index contributed by atoms with van der Waals surface area (Å²) >= 11 is 0. The van der Waals surface area contributed by atoms with E-state index in [0.29, 0.717) is 35.6 Å². The van der Waals surface area contributed by atoms with Crippen molar-refractivity contribution in [3.05, 3.63) is 11.6 Å². The molecule has 0 aromatic carbocycles. The smallest absolute Gasteiger partial charge is 0.302 e. The van der Waals surface area contributed by atoms with Crippen LogP contribution in [0.25, 0.3) is 0 Å². The van der Waals surface area contributed by atoms with Crippen molar-refractivity contribution < 1.29 is 14.3 Å². The monoisotopic (exact) mass is 482 g/mol. The third-order valence-corrected chi connectivity index (χ3v) is 12.8. The maximum Gasteiger partial charge on any atom is 0.302 e. The van der Waals surface area contributed by atoms with E-state index in [0.717, 1.165) is 25.7 Å². The van der Waals surface area contributed by atoms with Crippen LogP contribution in [0.1, 0.15) is 120 Å². The second-order valence-corrected chi connectivity index (χ2v) is 15.6. The van der Waals surface area contributed by atoms with Gasteiger partial charge in [-0.25, -0.2) is 0 Å². The van der Waals surface area contributed by atoms with Gasteiger partial charge in [0.15, 0.2) is 0 Å². The van der Waals surface area contributed by atoms with E-state index in [1.54, 1.807) is 12.5 Å². The van der Waals surface area contributed by atoms with Gasteiger partial charge in [0.05, 0.1) is 6.61 Å². The highest BCUT2D eigenvalue weighted by Crippen LogP contribution is 2.74. The van der Waals surface area contributed by atoms with Crippen molar-refractivity contribution >= 4 is 11.8 Å². The highest BCUT2D eigenvalue weighted by atomic mass is 16.5. The lowest BCUT2D eigenvalue weighted by molar-refractivity contribution is -0.174. The first kappa shape index (κ1) is 25.5. The van der Waals surface area contributed by atoms with Crippen molar-refractivity contribution in [3.63, 3.8) is 0 Å². The fraction of sp³-hybridized carbons (Fsp3) is 0.875. The zero-order valence-corrected chi connectivity index (χ0v) is 23.8. The first-order valence-electron chi connectivity index (χ1n) is 14.5. The minimum atomic E-state index is -0.192. The van der Waals surface area contributed by atoms with E-state index in [2.05, 4.69) is 54.5 Å². The molecule has 0 unspecified atom stereocenters. The number of Topliss-reactive ketones (excluding diaryl/α,β-unsaturated/α-hetero) is 1. The fourth-order valence-electron chi connectivity index (χ4n) is 10.9. The van der Waals surface area contributed by atoms with Gasteiger partial charge in [0.25, 0.3) is 0 Å². The molecule has 0 aliphatic heterocycles. The highest BCUT2D eigenvalue weighted by molar-refractivity contribution is 5.85. The van der Waals surface area contributed by atoms with Crippen LogP contribution in [-0.4, -0.2) is 18.4 Å². The lowest BCUT2D eigenvalue weighted by Gasteiger charge is -2.69. The molecule has 0 aromatic rings. The van der Waals surface area contributed by atoms with Gasteiger partial charge in [0, 0.05) is 24.2 Å². The van der Waals surface area contributed by atoms with Crippen molar-refractivity contribution in [2.75, 3.05) is 6.61 Å². The molecule has 4 saturated carbocycles. The Morgan fingerprint density at radius 1 is 0.886 bits per heavy atom. The van der Waals surface area contributed by atoms with Gasteiger partial charge in [-0.15, -0.1) is 0 Å². The van der Waals surface area contributed by atoms with Gasteiger partial charge in [0.2, 0.25) is 0 Å². The highest BCUT2D eigenvalue weighted by Gasteiger charge is 2.67. The number of ketones is 1. The van der Waals surface area contributed by atoms with Crippen LogP contribution in [-0.2, 0) is 14.3 Å². The fourth-order valence-corrected chi connectivity index (χ4v) is 10.9. The summed E-state index contributed by atoms with van der Waals surface area (Å²) in [6.07, 6.45) is 14.0. The second-order valence-electron chi connectivity index (χ2n) is 15.6. The Morgan fingerprint density at radius 2 is 1.51 bits per heavy atom. The largest absolute Gasteiger partial charge is 0.465 e. The Kier molecular flexibility index (Phi) is 5.62. The number of ether oxygens (including phenoxy) is 1.